The molecule has 12 rings (SSSR count). The van der Waals surface area contributed by atoms with E-state index < -0.39 is 8.07 Å². The lowest BCUT2D eigenvalue weighted by atomic mass is 9.98. The quantitative estimate of drug-likeness (QED) is 0.0982. The van der Waals surface area contributed by atoms with Crippen molar-refractivity contribution in [1.82, 2.24) is 4.57 Å². The number of aromatic nitrogens is 1. The first-order valence-corrected chi connectivity index (χ1v) is 25.1. The third-order valence-electron chi connectivity index (χ3n) is 13.5. The van der Waals surface area contributed by atoms with Crippen LogP contribution in [-0.2, 0) is 0 Å². The number of rotatable bonds is 10. The largest absolute Gasteiger partial charge is 0.310 e. The maximum absolute atomic E-state index is 2.72. The van der Waals surface area contributed by atoms with Gasteiger partial charge in [0.25, 0.3) is 0 Å². The van der Waals surface area contributed by atoms with E-state index in [0.29, 0.717) is 0 Å². The topological polar surface area (TPSA) is 8.17 Å². The highest BCUT2D eigenvalue weighted by atomic mass is 28.3. The van der Waals surface area contributed by atoms with Gasteiger partial charge in [-0.15, -0.1) is 0 Å². The van der Waals surface area contributed by atoms with Crippen LogP contribution in [0.25, 0.3) is 60.5 Å². The van der Waals surface area contributed by atoms with Crippen molar-refractivity contribution in [3.05, 3.63) is 279 Å². The van der Waals surface area contributed by atoms with Gasteiger partial charge in [-0.25, -0.2) is 0 Å². The Morgan fingerprint density at radius 1 is 0.299 bits per heavy atom. The predicted octanol–water partition coefficient (Wildman–Crippen LogP) is 14.1. The second kappa shape index (κ2) is 17.1. The molecule has 2 nitrogen and oxygen atoms in total. The van der Waals surface area contributed by atoms with Gasteiger partial charge in [0.15, 0.2) is 8.07 Å². The van der Waals surface area contributed by atoms with Gasteiger partial charge in [0.05, 0.1) is 11.0 Å². The van der Waals surface area contributed by atoms with E-state index >= 15 is 0 Å². The lowest BCUT2D eigenvalue weighted by molar-refractivity contribution is 1.18. The van der Waals surface area contributed by atoms with Gasteiger partial charge in [0.1, 0.15) is 0 Å². The lowest BCUT2D eigenvalue weighted by Crippen LogP contribution is -2.74. The average molecular weight is 871 g/mol. The first-order valence-electron chi connectivity index (χ1n) is 23.1. The van der Waals surface area contributed by atoms with Crippen molar-refractivity contribution in [2.45, 2.75) is 0 Å². The molecule has 12 aromatic rings. The molecule has 11 aromatic carbocycles. The summed E-state index contributed by atoms with van der Waals surface area (Å²) in [6, 6.07) is 103. The average Bonchev–Trinajstić information content (AvgIpc) is 3.75. The Morgan fingerprint density at radius 3 is 1.45 bits per heavy atom. The summed E-state index contributed by atoms with van der Waals surface area (Å²) < 4.78 is 2.39. The number of fused-ring (bicyclic) bond motifs is 4. The van der Waals surface area contributed by atoms with E-state index in [4.69, 9.17) is 0 Å². The first-order chi connectivity index (χ1) is 33.2. The summed E-state index contributed by atoms with van der Waals surface area (Å²) in [6.07, 6.45) is 0. The summed E-state index contributed by atoms with van der Waals surface area (Å²) in [5.74, 6) is 0. The summed E-state index contributed by atoms with van der Waals surface area (Å²) in [5.41, 5.74) is 11.6. The van der Waals surface area contributed by atoms with Crippen LogP contribution in [0, 0.1) is 0 Å². The molecular weight excluding hydrogens is 825 g/mol. The molecule has 1 aromatic heterocycles. The van der Waals surface area contributed by atoms with Crippen molar-refractivity contribution in [2.24, 2.45) is 0 Å². The Kier molecular flexibility index (Phi) is 10.2. The highest BCUT2D eigenvalue weighted by Crippen LogP contribution is 2.41. The summed E-state index contributed by atoms with van der Waals surface area (Å²) in [4.78, 5) is 2.41. The minimum Gasteiger partial charge on any atom is -0.310 e. The molecule has 0 aliphatic rings. The normalized spacial score (nSPS) is 11.6. The van der Waals surface area contributed by atoms with E-state index in [-0.39, 0.29) is 0 Å². The zero-order chi connectivity index (χ0) is 44.6. The molecule has 0 atom stereocenters. The van der Waals surface area contributed by atoms with Crippen LogP contribution in [0.3, 0.4) is 0 Å². The molecule has 0 fully saturated rings. The summed E-state index contributed by atoms with van der Waals surface area (Å²) in [6.45, 7) is 0. The van der Waals surface area contributed by atoms with Crippen molar-refractivity contribution in [3.63, 3.8) is 0 Å². The maximum atomic E-state index is 2.41. The third-order valence-corrected chi connectivity index (χ3v) is 18.3. The Labute approximate surface area is 392 Å². The Bertz CT molecular complexity index is 3560. The Morgan fingerprint density at radius 2 is 0.791 bits per heavy atom. The van der Waals surface area contributed by atoms with Crippen molar-refractivity contribution < 1.29 is 0 Å². The van der Waals surface area contributed by atoms with Crippen molar-refractivity contribution in [2.75, 3.05) is 4.90 Å². The van der Waals surface area contributed by atoms with E-state index in [1.165, 1.54) is 75.6 Å². The van der Waals surface area contributed by atoms with E-state index in [0.717, 1.165) is 22.7 Å². The number of para-hydroxylation sites is 2. The molecule has 0 saturated heterocycles. The summed E-state index contributed by atoms with van der Waals surface area (Å²) >= 11 is 0. The SMILES string of the molecule is c1ccc(-n2c3ccccc3c3c(-c4ccc(N(c5ccc([Si](c6ccccc6)(c6ccccc6)c6ccccc6)cc5)c5cccc(-c6ccc7ccccc7c6)c5)cc4)cccc32)cc1. The Balaban J connectivity index is 1.01. The molecule has 0 amide bonds. The molecule has 0 N–H and O–H groups in total. The van der Waals surface area contributed by atoms with Gasteiger partial charge < -0.3 is 9.47 Å². The molecule has 0 spiro atoms. The van der Waals surface area contributed by atoms with Gasteiger partial charge in [-0.1, -0.05) is 212 Å². The zero-order valence-electron chi connectivity index (χ0n) is 37.0. The van der Waals surface area contributed by atoms with Gasteiger partial charge in [-0.3, -0.25) is 0 Å². The fourth-order valence-corrected chi connectivity index (χ4v) is 15.2. The lowest BCUT2D eigenvalue weighted by Gasteiger charge is -2.35. The van der Waals surface area contributed by atoms with Gasteiger partial charge >= 0.3 is 0 Å². The molecular formula is C64H46N2Si. The number of hydrogen-bond donors (Lipinski definition) is 0. The molecule has 67 heavy (non-hydrogen) atoms. The maximum Gasteiger partial charge on any atom is 0.179 e. The van der Waals surface area contributed by atoms with Gasteiger partial charge in [0.2, 0.25) is 0 Å². The molecule has 0 bridgehead atoms. The number of nitrogens with zero attached hydrogens (tertiary/aromatic N) is 2. The van der Waals surface area contributed by atoms with Crippen LogP contribution in [0.1, 0.15) is 0 Å². The molecule has 1 heterocycles. The number of anilines is 3. The smallest absolute Gasteiger partial charge is 0.179 e. The fourth-order valence-electron chi connectivity index (χ4n) is 10.5. The van der Waals surface area contributed by atoms with Crippen molar-refractivity contribution >= 4 is 78.5 Å². The van der Waals surface area contributed by atoms with Crippen LogP contribution in [0.2, 0.25) is 0 Å². The van der Waals surface area contributed by atoms with E-state index in [9.17, 15) is 0 Å². The molecule has 0 aliphatic heterocycles. The number of benzene rings is 11. The van der Waals surface area contributed by atoms with Gasteiger partial charge in [0, 0.05) is 33.5 Å². The van der Waals surface area contributed by atoms with E-state index in [1.54, 1.807) is 0 Å². The van der Waals surface area contributed by atoms with E-state index in [2.05, 4.69) is 289 Å². The van der Waals surface area contributed by atoms with Crippen LogP contribution < -0.4 is 25.6 Å². The highest BCUT2D eigenvalue weighted by Gasteiger charge is 2.41. The second-order valence-corrected chi connectivity index (χ2v) is 21.1. The zero-order valence-corrected chi connectivity index (χ0v) is 38.0. The molecule has 3 heteroatoms. The first kappa shape index (κ1) is 40.0. The summed E-state index contributed by atoms with van der Waals surface area (Å²) in [5, 5.41) is 10.4. The van der Waals surface area contributed by atoms with Crippen LogP contribution in [0.15, 0.2) is 279 Å². The summed E-state index contributed by atoms with van der Waals surface area (Å²) in [7, 11) is -2.72. The van der Waals surface area contributed by atoms with Gasteiger partial charge in [-0.2, -0.15) is 0 Å². The van der Waals surface area contributed by atoms with Crippen molar-refractivity contribution in [3.8, 4) is 27.9 Å². The minimum atomic E-state index is -2.72. The standard InChI is InChI=1S/C64H46N2Si/c1-5-22-52(23-6-1)66-62-33-16-15-31-61(62)64-60(32-18-34-63(64)66)48-37-39-53(40-38-48)65(55-24-17-21-50(46-55)51-36-35-47-19-13-14-20-49(47)45-51)54-41-43-59(44-42-54)67(56-25-7-2-8-26-56,57-27-9-3-10-28-57)58-29-11-4-12-30-58/h1-46H. The minimum absolute atomic E-state index is 1.09. The Hall–Kier alpha value is -8.50. The number of hydrogen-bond acceptors (Lipinski definition) is 1. The van der Waals surface area contributed by atoms with Crippen LogP contribution in [0.5, 0.6) is 0 Å². The molecule has 316 valence electrons. The van der Waals surface area contributed by atoms with Crippen molar-refractivity contribution in [1.29, 1.82) is 0 Å². The highest BCUT2D eigenvalue weighted by molar-refractivity contribution is 7.19. The molecule has 0 aliphatic carbocycles. The predicted molar refractivity (Wildman–Crippen MR) is 287 cm³/mol. The molecule has 0 radical (unpaired) electrons. The van der Waals surface area contributed by atoms with Gasteiger partial charge in [-0.05, 0) is 121 Å². The monoisotopic (exact) mass is 870 g/mol. The van der Waals surface area contributed by atoms with Crippen LogP contribution in [0.4, 0.5) is 17.1 Å². The van der Waals surface area contributed by atoms with Crippen LogP contribution >= 0.6 is 0 Å². The molecule has 0 saturated carbocycles. The second-order valence-electron chi connectivity index (χ2n) is 17.3. The third kappa shape index (κ3) is 7.05. The fraction of sp³-hybridized carbons (Fsp3) is 0. The van der Waals surface area contributed by atoms with Crippen LogP contribution in [-0.4, -0.2) is 12.6 Å². The molecule has 0 unspecified atom stereocenters. The van der Waals surface area contributed by atoms with E-state index in [1.807, 2.05) is 0 Å².